The number of aryl methyl sites for hydroxylation is 2. The standard InChI is InChI=1S/C19H18ClN3O/c1-2-15-18(23-12-14(20)9-10-17(23)21-15)19(24)22-11-5-7-13-6-3-4-8-16(13)22/h3-4,6,8-10,12H,2,5,7,11H2,1H3. The van der Waals surface area contributed by atoms with Crippen LogP contribution in [0.25, 0.3) is 5.65 Å². The number of para-hydroxylation sites is 1. The van der Waals surface area contributed by atoms with Crippen molar-refractivity contribution in [2.75, 3.05) is 11.4 Å². The van der Waals surface area contributed by atoms with Gasteiger partial charge in [0.15, 0.2) is 0 Å². The molecule has 0 atom stereocenters. The molecule has 1 aliphatic rings. The van der Waals surface area contributed by atoms with E-state index in [-0.39, 0.29) is 5.91 Å². The Bertz CT molecular complexity index is 932. The van der Waals surface area contributed by atoms with E-state index in [1.165, 1.54) is 5.56 Å². The smallest absolute Gasteiger partial charge is 0.277 e. The van der Waals surface area contributed by atoms with E-state index in [1.807, 2.05) is 40.5 Å². The first kappa shape index (κ1) is 15.2. The molecule has 0 radical (unpaired) electrons. The quantitative estimate of drug-likeness (QED) is 0.703. The number of nitrogens with zero attached hydrogens (tertiary/aromatic N) is 3. The average molecular weight is 340 g/mol. The molecule has 0 N–H and O–H groups in total. The zero-order valence-electron chi connectivity index (χ0n) is 13.5. The van der Waals surface area contributed by atoms with Crippen LogP contribution in [0, 0.1) is 0 Å². The van der Waals surface area contributed by atoms with Crippen molar-refractivity contribution in [2.24, 2.45) is 0 Å². The molecule has 5 heteroatoms. The second-order valence-corrected chi connectivity index (χ2v) is 6.46. The zero-order chi connectivity index (χ0) is 16.7. The number of pyridine rings is 1. The summed E-state index contributed by atoms with van der Waals surface area (Å²) in [6.45, 7) is 2.75. The van der Waals surface area contributed by atoms with Gasteiger partial charge in [0.1, 0.15) is 11.3 Å². The fourth-order valence-corrected chi connectivity index (χ4v) is 3.57. The molecule has 0 fully saturated rings. The number of rotatable bonds is 2. The van der Waals surface area contributed by atoms with E-state index in [2.05, 4.69) is 11.1 Å². The maximum absolute atomic E-state index is 13.4. The van der Waals surface area contributed by atoms with Gasteiger partial charge in [-0.3, -0.25) is 9.20 Å². The molecule has 2 aromatic heterocycles. The lowest BCUT2D eigenvalue weighted by molar-refractivity contribution is 0.0978. The van der Waals surface area contributed by atoms with Crippen LogP contribution in [0.1, 0.15) is 35.1 Å². The van der Waals surface area contributed by atoms with E-state index in [0.29, 0.717) is 17.1 Å². The van der Waals surface area contributed by atoms with Gasteiger partial charge in [-0.2, -0.15) is 0 Å². The number of fused-ring (bicyclic) bond motifs is 2. The molecule has 0 aliphatic carbocycles. The summed E-state index contributed by atoms with van der Waals surface area (Å²) in [6, 6.07) is 11.8. The molecule has 4 rings (SSSR count). The fourth-order valence-electron chi connectivity index (χ4n) is 3.41. The lowest BCUT2D eigenvalue weighted by atomic mass is 10.0. The maximum Gasteiger partial charge on any atom is 0.277 e. The van der Waals surface area contributed by atoms with Crippen molar-refractivity contribution >= 4 is 28.8 Å². The van der Waals surface area contributed by atoms with Gasteiger partial charge in [0.2, 0.25) is 0 Å². The number of anilines is 1. The molecule has 24 heavy (non-hydrogen) atoms. The Labute approximate surface area is 145 Å². The van der Waals surface area contributed by atoms with Gasteiger partial charge < -0.3 is 4.90 Å². The first-order valence-electron chi connectivity index (χ1n) is 8.25. The third-order valence-electron chi connectivity index (χ3n) is 4.55. The minimum Gasteiger partial charge on any atom is -0.307 e. The summed E-state index contributed by atoms with van der Waals surface area (Å²) in [7, 11) is 0. The van der Waals surface area contributed by atoms with Crippen molar-refractivity contribution < 1.29 is 4.79 Å². The summed E-state index contributed by atoms with van der Waals surface area (Å²) < 4.78 is 1.82. The lowest BCUT2D eigenvalue weighted by Crippen LogP contribution is -2.36. The number of carbonyl (C=O) groups excluding carboxylic acids is 1. The highest BCUT2D eigenvalue weighted by Gasteiger charge is 2.27. The SMILES string of the molecule is CCc1nc2ccc(Cl)cn2c1C(=O)N1CCCc2ccccc21. The number of hydrogen-bond acceptors (Lipinski definition) is 2. The Morgan fingerprint density at radius 3 is 2.92 bits per heavy atom. The first-order chi connectivity index (χ1) is 11.7. The van der Waals surface area contributed by atoms with E-state index >= 15 is 0 Å². The summed E-state index contributed by atoms with van der Waals surface area (Å²) in [5.74, 6) is -0.00577. The van der Waals surface area contributed by atoms with Crippen molar-refractivity contribution in [3.63, 3.8) is 0 Å². The van der Waals surface area contributed by atoms with E-state index in [9.17, 15) is 4.79 Å². The summed E-state index contributed by atoms with van der Waals surface area (Å²) in [5.41, 5.74) is 4.41. The van der Waals surface area contributed by atoms with Gasteiger partial charge >= 0.3 is 0 Å². The van der Waals surface area contributed by atoms with Gasteiger partial charge in [0.05, 0.1) is 10.7 Å². The number of carbonyl (C=O) groups is 1. The van der Waals surface area contributed by atoms with Crippen LogP contribution in [0.3, 0.4) is 0 Å². The van der Waals surface area contributed by atoms with Crippen molar-refractivity contribution in [1.29, 1.82) is 0 Å². The lowest BCUT2D eigenvalue weighted by Gasteiger charge is -2.29. The molecule has 3 aromatic rings. The van der Waals surface area contributed by atoms with Gasteiger partial charge in [-0.1, -0.05) is 36.7 Å². The molecule has 4 nitrogen and oxygen atoms in total. The molecule has 1 amide bonds. The first-order valence-corrected chi connectivity index (χ1v) is 8.63. The predicted molar refractivity (Wildman–Crippen MR) is 96.0 cm³/mol. The maximum atomic E-state index is 13.4. The van der Waals surface area contributed by atoms with E-state index in [0.717, 1.165) is 36.4 Å². The highest BCUT2D eigenvalue weighted by Crippen LogP contribution is 2.29. The summed E-state index contributed by atoms with van der Waals surface area (Å²) in [5, 5.41) is 0.593. The van der Waals surface area contributed by atoms with E-state index < -0.39 is 0 Å². The van der Waals surface area contributed by atoms with E-state index in [1.54, 1.807) is 12.3 Å². The zero-order valence-corrected chi connectivity index (χ0v) is 14.3. The second kappa shape index (κ2) is 5.95. The number of benzene rings is 1. The van der Waals surface area contributed by atoms with Crippen LogP contribution in [-0.4, -0.2) is 21.8 Å². The Balaban J connectivity index is 1.86. The van der Waals surface area contributed by atoms with Crippen molar-refractivity contribution in [3.05, 3.63) is 64.6 Å². The molecule has 1 aromatic carbocycles. The van der Waals surface area contributed by atoms with Crippen molar-refractivity contribution in [3.8, 4) is 0 Å². The van der Waals surface area contributed by atoms with Gasteiger partial charge in [-0.15, -0.1) is 0 Å². The molecule has 0 saturated heterocycles. The summed E-state index contributed by atoms with van der Waals surface area (Å²) in [6.07, 6.45) is 4.46. The third-order valence-corrected chi connectivity index (χ3v) is 4.77. The van der Waals surface area contributed by atoms with Gasteiger partial charge in [0.25, 0.3) is 5.91 Å². The summed E-state index contributed by atoms with van der Waals surface area (Å²) in [4.78, 5) is 19.8. The number of imidazole rings is 1. The number of amides is 1. The van der Waals surface area contributed by atoms with Crippen LogP contribution in [0.15, 0.2) is 42.6 Å². The minimum atomic E-state index is -0.00577. The Morgan fingerprint density at radius 2 is 2.08 bits per heavy atom. The van der Waals surface area contributed by atoms with Crippen LogP contribution in [0.5, 0.6) is 0 Å². The second-order valence-electron chi connectivity index (χ2n) is 6.03. The van der Waals surface area contributed by atoms with Crippen LogP contribution < -0.4 is 4.90 Å². The normalized spacial score (nSPS) is 14.0. The highest BCUT2D eigenvalue weighted by molar-refractivity contribution is 6.30. The molecule has 1 aliphatic heterocycles. The average Bonchev–Trinajstić information content (AvgIpc) is 2.98. The number of halogens is 1. The number of hydrogen-bond donors (Lipinski definition) is 0. The molecule has 0 spiro atoms. The Morgan fingerprint density at radius 1 is 1.25 bits per heavy atom. The predicted octanol–water partition coefficient (Wildman–Crippen LogP) is 4.14. The van der Waals surface area contributed by atoms with Crippen LogP contribution in [0.4, 0.5) is 5.69 Å². The van der Waals surface area contributed by atoms with E-state index in [4.69, 9.17) is 11.6 Å². The topological polar surface area (TPSA) is 37.6 Å². The summed E-state index contributed by atoms with van der Waals surface area (Å²) >= 11 is 6.14. The highest BCUT2D eigenvalue weighted by atomic mass is 35.5. The van der Waals surface area contributed by atoms with Crippen LogP contribution in [-0.2, 0) is 12.8 Å². The monoisotopic (exact) mass is 339 g/mol. The molecule has 122 valence electrons. The molecular weight excluding hydrogens is 322 g/mol. The Hall–Kier alpha value is -2.33. The molecular formula is C19H18ClN3O. The Kier molecular flexibility index (Phi) is 3.77. The largest absolute Gasteiger partial charge is 0.307 e. The van der Waals surface area contributed by atoms with Gasteiger partial charge in [-0.05, 0) is 43.0 Å². The molecule has 0 saturated carbocycles. The minimum absolute atomic E-state index is 0.00577. The molecule has 0 unspecified atom stereocenters. The number of aromatic nitrogens is 2. The molecule has 3 heterocycles. The van der Waals surface area contributed by atoms with Crippen LogP contribution >= 0.6 is 11.6 Å². The third kappa shape index (κ3) is 2.38. The molecule has 0 bridgehead atoms. The van der Waals surface area contributed by atoms with Crippen molar-refractivity contribution in [1.82, 2.24) is 9.38 Å². The van der Waals surface area contributed by atoms with Crippen LogP contribution in [0.2, 0.25) is 5.02 Å². The van der Waals surface area contributed by atoms with Gasteiger partial charge in [-0.25, -0.2) is 4.98 Å². The van der Waals surface area contributed by atoms with Gasteiger partial charge in [0, 0.05) is 18.4 Å². The van der Waals surface area contributed by atoms with Crippen molar-refractivity contribution in [2.45, 2.75) is 26.2 Å². The fraction of sp³-hybridized carbons (Fsp3) is 0.263.